The first-order chi connectivity index (χ1) is 14.0. The van der Waals surface area contributed by atoms with Gasteiger partial charge >= 0.3 is 5.97 Å². The van der Waals surface area contributed by atoms with Gasteiger partial charge in [-0.15, -0.1) is 0 Å². The van der Waals surface area contributed by atoms with E-state index in [0.717, 1.165) is 11.3 Å². The number of para-hydroxylation sites is 1. The molecule has 0 spiro atoms. The van der Waals surface area contributed by atoms with Crippen molar-refractivity contribution in [3.63, 3.8) is 0 Å². The minimum Gasteiger partial charge on any atom is -0.452 e. The van der Waals surface area contributed by atoms with Crippen molar-refractivity contribution in [2.24, 2.45) is 0 Å². The van der Waals surface area contributed by atoms with E-state index in [1.165, 1.54) is 12.2 Å². The third-order valence-electron chi connectivity index (χ3n) is 4.11. The normalized spacial score (nSPS) is 10.8. The summed E-state index contributed by atoms with van der Waals surface area (Å²) < 4.78 is 6.57. The molecular weight excluding hydrogens is 390 g/mol. The zero-order chi connectivity index (χ0) is 20.6. The second-order valence-corrected chi connectivity index (χ2v) is 6.60. The Hall–Kier alpha value is -3.38. The van der Waals surface area contributed by atoms with Gasteiger partial charge < -0.3 is 10.1 Å². The highest BCUT2D eigenvalue weighted by atomic mass is 35.5. The van der Waals surface area contributed by atoms with Crippen LogP contribution in [0.5, 0.6) is 0 Å². The smallest absolute Gasteiger partial charge is 0.331 e. The Bertz CT molecular complexity index is 1010. The van der Waals surface area contributed by atoms with Gasteiger partial charge in [0.15, 0.2) is 6.61 Å². The number of aromatic nitrogens is 2. The lowest BCUT2D eigenvalue weighted by Crippen LogP contribution is -2.28. The van der Waals surface area contributed by atoms with Crippen LogP contribution in [0, 0.1) is 6.92 Å². The Balaban J connectivity index is 1.54. The molecule has 2 aromatic carbocycles. The van der Waals surface area contributed by atoms with Gasteiger partial charge in [-0.1, -0.05) is 60.1 Å². The van der Waals surface area contributed by atoms with E-state index >= 15 is 0 Å². The van der Waals surface area contributed by atoms with Gasteiger partial charge in [-0.25, -0.2) is 9.48 Å². The number of amides is 1. The monoisotopic (exact) mass is 409 g/mol. The van der Waals surface area contributed by atoms with E-state index < -0.39 is 5.97 Å². The number of esters is 1. The van der Waals surface area contributed by atoms with Gasteiger partial charge in [0.25, 0.3) is 5.91 Å². The van der Waals surface area contributed by atoms with Crippen LogP contribution in [0.1, 0.15) is 16.8 Å². The standard InChI is InChI=1S/C22H20ClN3O3/c1-16-19(22(23)26(25-16)18-10-6-3-7-11-18)12-13-21(28)29-15-20(27)24-14-17-8-4-2-5-9-17/h2-13H,14-15H2,1H3,(H,24,27)/b13-12+. The van der Waals surface area contributed by atoms with Crippen LogP contribution in [0.15, 0.2) is 66.7 Å². The molecule has 0 radical (unpaired) electrons. The fraction of sp³-hybridized carbons (Fsp3) is 0.136. The molecular formula is C22H20ClN3O3. The lowest BCUT2D eigenvalue weighted by atomic mass is 10.2. The van der Waals surface area contributed by atoms with E-state index in [4.69, 9.17) is 16.3 Å². The van der Waals surface area contributed by atoms with E-state index in [1.807, 2.05) is 60.7 Å². The number of nitrogens with zero attached hydrogens (tertiary/aromatic N) is 2. The number of ether oxygens (including phenoxy) is 1. The van der Waals surface area contributed by atoms with Gasteiger partial charge in [0.1, 0.15) is 5.15 Å². The van der Waals surface area contributed by atoms with Gasteiger partial charge in [-0.05, 0) is 30.7 Å². The average Bonchev–Trinajstić information content (AvgIpc) is 3.04. The quantitative estimate of drug-likeness (QED) is 0.477. The van der Waals surface area contributed by atoms with Gasteiger partial charge in [0.2, 0.25) is 0 Å². The van der Waals surface area contributed by atoms with Crippen LogP contribution < -0.4 is 5.32 Å². The summed E-state index contributed by atoms with van der Waals surface area (Å²) in [5, 5.41) is 7.48. The van der Waals surface area contributed by atoms with E-state index in [0.29, 0.717) is 23.0 Å². The molecule has 6 nitrogen and oxygen atoms in total. The summed E-state index contributed by atoms with van der Waals surface area (Å²) in [6, 6.07) is 18.9. The minimum absolute atomic E-state index is 0.355. The van der Waals surface area contributed by atoms with Crippen molar-refractivity contribution in [3.05, 3.63) is 88.7 Å². The Morgan fingerprint density at radius 1 is 1.10 bits per heavy atom. The number of benzene rings is 2. The fourth-order valence-corrected chi connectivity index (χ4v) is 2.96. The largest absolute Gasteiger partial charge is 0.452 e. The van der Waals surface area contributed by atoms with Crippen LogP contribution >= 0.6 is 11.6 Å². The predicted octanol–water partition coefficient (Wildman–Crippen LogP) is 3.71. The van der Waals surface area contributed by atoms with Gasteiger partial charge in [0, 0.05) is 18.2 Å². The van der Waals surface area contributed by atoms with E-state index in [1.54, 1.807) is 11.6 Å². The molecule has 3 aromatic rings. The van der Waals surface area contributed by atoms with Crippen molar-refractivity contribution in [3.8, 4) is 5.69 Å². The number of carbonyl (C=O) groups is 2. The van der Waals surface area contributed by atoms with E-state index in [2.05, 4.69) is 10.4 Å². The molecule has 0 saturated carbocycles. The molecule has 0 bridgehead atoms. The van der Waals surface area contributed by atoms with Crippen molar-refractivity contribution in [2.45, 2.75) is 13.5 Å². The highest BCUT2D eigenvalue weighted by molar-refractivity contribution is 6.31. The molecule has 1 amide bonds. The van der Waals surface area contributed by atoms with Crippen LogP contribution in [0.25, 0.3) is 11.8 Å². The SMILES string of the molecule is Cc1nn(-c2ccccc2)c(Cl)c1/C=C/C(=O)OCC(=O)NCc1ccccc1. The fourth-order valence-electron chi connectivity index (χ4n) is 2.62. The van der Waals surface area contributed by atoms with Crippen LogP contribution in [-0.2, 0) is 20.9 Å². The van der Waals surface area contributed by atoms with Crippen molar-refractivity contribution in [2.75, 3.05) is 6.61 Å². The van der Waals surface area contributed by atoms with Crippen molar-refractivity contribution >= 4 is 29.6 Å². The number of halogens is 1. The van der Waals surface area contributed by atoms with E-state index in [-0.39, 0.29) is 12.5 Å². The molecule has 0 aliphatic heterocycles. The highest BCUT2D eigenvalue weighted by Crippen LogP contribution is 2.24. The number of carbonyl (C=O) groups excluding carboxylic acids is 2. The Kier molecular flexibility index (Phi) is 6.81. The summed E-state index contributed by atoms with van der Waals surface area (Å²) >= 11 is 6.41. The summed E-state index contributed by atoms with van der Waals surface area (Å²) in [5.74, 6) is -1.01. The molecule has 0 aliphatic rings. The maximum atomic E-state index is 11.9. The molecule has 29 heavy (non-hydrogen) atoms. The van der Waals surface area contributed by atoms with Gasteiger partial charge in [-0.3, -0.25) is 4.79 Å². The Morgan fingerprint density at radius 2 is 1.76 bits per heavy atom. The van der Waals surface area contributed by atoms with Crippen LogP contribution in [-0.4, -0.2) is 28.3 Å². The Labute approximate surface area is 173 Å². The molecule has 0 atom stereocenters. The number of nitrogens with one attached hydrogen (secondary N) is 1. The third kappa shape index (κ3) is 5.56. The summed E-state index contributed by atoms with van der Waals surface area (Å²) in [4.78, 5) is 23.8. The molecule has 3 rings (SSSR count). The van der Waals surface area contributed by atoms with Gasteiger partial charge in [-0.2, -0.15) is 5.10 Å². The van der Waals surface area contributed by atoms with Crippen molar-refractivity contribution < 1.29 is 14.3 Å². The van der Waals surface area contributed by atoms with Crippen molar-refractivity contribution in [1.82, 2.24) is 15.1 Å². The molecule has 1 N–H and O–H groups in total. The molecule has 148 valence electrons. The second-order valence-electron chi connectivity index (χ2n) is 6.24. The number of hydrogen-bond acceptors (Lipinski definition) is 4. The van der Waals surface area contributed by atoms with Crippen molar-refractivity contribution in [1.29, 1.82) is 0 Å². The lowest BCUT2D eigenvalue weighted by Gasteiger charge is -2.05. The molecule has 1 heterocycles. The minimum atomic E-state index is -0.636. The number of hydrogen-bond donors (Lipinski definition) is 1. The summed E-state index contributed by atoms with van der Waals surface area (Å²) in [7, 11) is 0. The summed E-state index contributed by atoms with van der Waals surface area (Å²) in [6.45, 7) is 1.82. The second kappa shape index (κ2) is 9.71. The number of rotatable bonds is 7. The lowest BCUT2D eigenvalue weighted by molar-refractivity contribution is -0.143. The predicted molar refractivity (Wildman–Crippen MR) is 112 cm³/mol. The number of aryl methyl sites for hydroxylation is 1. The van der Waals surface area contributed by atoms with E-state index in [9.17, 15) is 9.59 Å². The topological polar surface area (TPSA) is 73.2 Å². The first kappa shape index (κ1) is 20.4. The maximum Gasteiger partial charge on any atom is 0.331 e. The molecule has 1 aromatic heterocycles. The zero-order valence-corrected chi connectivity index (χ0v) is 16.6. The Morgan fingerprint density at radius 3 is 2.45 bits per heavy atom. The maximum absolute atomic E-state index is 11.9. The highest BCUT2D eigenvalue weighted by Gasteiger charge is 2.13. The van der Waals surface area contributed by atoms with Crippen LogP contribution in [0.3, 0.4) is 0 Å². The molecule has 0 unspecified atom stereocenters. The molecule has 0 aliphatic carbocycles. The van der Waals surface area contributed by atoms with Crippen LogP contribution in [0.4, 0.5) is 0 Å². The average molecular weight is 410 g/mol. The van der Waals surface area contributed by atoms with Crippen LogP contribution in [0.2, 0.25) is 5.15 Å². The van der Waals surface area contributed by atoms with Gasteiger partial charge in [0.05, 0.1) is 11.4 Å². The molecule has 0 fully saturated rings. The third-order valence-corrected chi connectivity index (χ3v) is 4.48. The first-order valence-electron chi connectivity index (χ1n) is 9.00. The first-order valence-corrected chi connectivity index (χ1v) is 9.38. The molecule has 0 saturated heterocycles. The summed E-state index contributed by atoms with van der Waals surface area (Å²) in [6.07, 6.45) is 2.77. The zero-order valence-electron chi connectivity index (χ0n) is 15.8. The molecule has 7 heteroatoms. The summed E-state index contributed by atoms with van der Waals surface area (Å²) in [5.41, 5.74) is 3.06.